The van der Waals surface area contributed by atoms with Gasteiger partial charge in [-0.05, 0) is 65.7 Å². The van der Waals surface area contributed by atoms with Gasteiger partial charge in [-0.1, -0.05) is 57.2 Å². The molecule has 6 nitrogen and oxygen atoms in total. The highest BCUT2D eigenvalue weighted by atomic mass is 32.1. The number of rotatable bonds is 6. The van der Waals surface area contributed by atoms with Gasteiger partial charge in [-0.15, -0.1) is 0 Å². The summed E-state index contributed by atoms with van der Waals surface area (Å²) in [5.74, 6) is 0.0813. The van der Waals surface area contributed by atoms with Crippen LogP contribution in [0.5, 0.6) is 5.75 Å². The van der Waals surface area contributed by atoms with Crippen LogP contribution in [0.4, 0.5) is 11.4 Å². The lowest BCUT2D eigenvalue weighted by Gasteiger charge is -2.19. The van der Waals surface area contributed by atoms with Crippen molar-refractivity contribution in [1.29, 1.82) is 0 Å². The summed E-state index contributed by atoms with van der Waals surface area (Å²) in [5.41, 5.74) is 3.76. The molecule has 0 bridgehead atoms. The van der Waals surface area contributed by atoms with E-state index >= 15 is 0 Å². The first-order chi connectivity index (χ1) is 16.7. The first-order valence-electron chi connectivity index (χ1n) is 11.1. The van der Waals surface area contributed by atoms with E-state index in [1.165, 1.54) is 6.08 Å². The average Bonchev–Trinajstić information content (AvgIpc) is 2.82. The highest BCUT2D eigenvalue weighted by molar-refractivity contribution is 7.80. The lowest BCUT2D eigenvalue weighted by molar-refractivity contribution is -0.115. The molecule has 180 valence electrons. The molecule has 7 heteroatoms. The summed E-state index contributed by atoms with van der Waals surface area (Å²) >= 11 is 5.25. The molecular weight excluding hydrogens is 458 g/mol. The van der Waals surface area contributed by atoms with E-state index in [0.717, 1.165) is 11.1 Å². The molecule has 0 heterocycles. The van der Waals surface area contributed by atoms with Gasteiger partial charge in [0, 0.05) is 28.6 Å². The summed E-state index contributed by atoms with van der Waals surface area (Å²) in [6.07, 6.45) is 3.04. The molecule has 3 aromatic carbocycles. The first-order valence-corrected chi connectivity index (χ1v) is 11.5. The molecule has 0 spiro atoms. The summed E-state index contributed by atoms with van der Waals surface area (Å²) in [6, 6.07) is 22.1. The Morgan fingerprint density at radius 2 is 1.54 bits per heavy atom. The maximum absolute atomic E-state index is 12.7. The second kappa shape index (κ2) is 11.4. The normalized spacial score (nSPS) is 11.1. The maximum atomic E-state index is 12.7. The van der Waals surface area contributed by atoms with Gasteiger partial charge in [0.15, 0.2) is 5.11 Å². The van der Waals surface area contributed by atoms with Crippen LogP contribution in [-0.2, 0) is 10.2 Å². The van der Waals surface area contributed by atoms with Gasteiger partial charge < -0.3 is 15.4 Å². The number of thiocarbonyl (C=S) groups is 1. The number of carbonyl (C=O) groups excluding carboxylic acids is 2. The van der Waals surface area contributed by atoms with E-state index in [4.69, 9.17) is 17.0 Å². The van der Waals surface area contributed by atoms with Crippen LogP contribution in [0.1, 0.15) is 42.3 Å². The molecule has 2 amide bonds. The Labute approximate surface area is 211 Å². The van der Waals surface area contributed by atoms with E-state index in [0.29, 0.717) is 22.7 Å². The fourth-order valence-corrected chi connectivity index (χ4v) is 3.50. The number of carbonyl (C=O) groups is 2. The predicted molar refractivity (Wildman–Crippen MR) is 146 cm³/mol. The number of ether oxygens (including phenoxy) is 1. The van der Waals surface area contributed by atoms with E-state index in [2.05, 4.69) is 36.7 Å². The zero-order valence-corrected chi connectivity index (χ0v) is 21.0. The lowest BCUT2D eigenvalue weighted by Crippen LogP contribution is -2.32. The minimum atomic E-state index is -0.378. The number of methoxy groups -OCH3 is 1. The molecule has 35 heavy (non-hydrogen) atoms. The number of nitrogens with one attached hydrogen (secondary N) is 3. The van der Waals surface area contributed by atoms with Crippen molar-refractivity contribution in [2.24, 2.45) is 0 Å². The minimum absolute atomic E-state index is 0.0209. The zero-order chi connectivity index (χ0) is 25.4. The van der Waals surface area contributed by atoms with E-state index in [1.807, 2.05) is 48.5 Å². The maximum Gasteiger partial charge on any atom is 0.255 e. The van der Waals surface area contributed by atoms with Gasteiger partial charge in [0.25, 0.3) is 5.91 Å². The number of para-hydroxylation sites is 1. The monoisotopic (exact) mass is 487 g/mol. The standard InChI is InChI=1S/C28H29N3O3S/c1-28(2,3)21-15-12-20(13-16-21)26(33)29-22-9-7-10-23(18-22)30-27(35)31-25(32)17-14-19-8-5-6-11-24(19)34-4/h5-18H,1-4H3,(H,29,33)(H2,30,31,32,35)/b17-14+. The summed E-state index contributed by atoms with van der Waals surface area (Å²) in [7, 11) is 1.57. The molecule has 0 aliphatic carbocycles. The van der Waals surface area contributed by atoms with Gasteiger partial charge in [0.2, 0.25) is 5.91 Å². The molecule has 0 saturated carbocycles. The lowest BCUT2D eigenvalue weighted by atomic mass is 9.87. The van der Waals surface area contributed by atoms with Crippen LogP contribution >= 0.6 is 12.2 Å². The van der Waals surface area contributed by atoms with Gasteiger partial charge >= 0.3 is 0 Å². The van der Waals surface area contributed by atoms with Crippen molar-refractivity contribution in [1.82, 2.24) is 5.32 Å². The number of hydrogen-bond donors (Lipinski definition) is 3. The van der Waals surface area contributed by atoms with Gasteiger partial charge in [0.05, 0.1) is 7.11 Å². The zero-order valence-electron chi connectivity index (χ0n) is 20.2. The SMILES string of the molecule is COc1ccccc1/C=C/C(=O)NC(=S)Nc1cccc(NC(=O)c2ccc(C(C)(C)C)cc2)c1. The molecule has 3 N–H and O–H groups in total. The Bertz CT molecular complexity index is 1240. The Morgan fingerprint density at radius 1 is 0.886 bits per heavy atom. The Kier molecular flexibility index (Phi) is 8.39. The van der Waals surface area contributed by atoms with Crippen molar-refractivity contribution >= 4 is 46.6 Å². The highest BCUT2D eigenvalue weighted by Crippen LogP contribution is 2.23. The smallest absolute Gasteiger partial charge is 0.255 e. The second-order valence-corrected chi connectivity index (χ2v) is 9.29. The third kappa shape index (κ3) is 7.52. The van der Waals surface area contributed by atoms with Gasteiger partial charge in [-0.25, -0.2) is 0 Å². The van der Waals surface area contributed by atoms with Crippen LogP contribution in [0.15, 0.2) is 78.9 Å². The molecule has 0 unspecified atom stereocenters. The number of hydrogen-bond acceptors (Lipinski definition) is 4. The highest BCUT2D eigenvalue weighted by Gasteiger charge is 2.14. The van der Waals surface area contributed by atoms with Gasteiger partial charge in [0.1, 0.15) is 5.75 Å². The Morgan fingerprint density at radius 3 is 2.20 bits per heavy atom. The van der Waals surface area contributed by atoms with Crippen molar-refractivity contribution < 1.29 is 14.3 Å². The van der Waals surface area contributed by atoms with Crippen molar-refractivity contribution in [3.05, 3.63) is 95.6 Å². The summed E-state index contributed by atoms with van der Waals surface area (Å²) in [4.78, 5) is 24.9. The second-order valence-electron chi connectivity index (χ2n) is 8.88. The molecule has 0 atom stereocenters. The molecule has 0 aliphatic heterocycles. The van der Waals surface area contributed by atoms with Crippen LogP contribution in [-0.4, -0.2) is 24.0 Å². The van der Waals surface area contributed by atoms with E-state index in [9.17, 15) is 9.59 Å². The van der Waals surface area contributed by atoms with E-state index in [-0.39, 0.29) is 22.3 Å². The van der Waals surface area contributed by atoms with Crippen molar-refractivity contribution in [2.75, 3.05) is 17.7 Å². The van der Waals surface area contributed by atoms with E-state index < -0.39 is 0 Å². The quantitative estimate of drug-likeness (QED) is 0.304. The number of amides is 2. The fraction of sp³-hybridized carbons (Fsp3) is 0.179. The molecule has 0 aromatic heterocycles. The van der Waals surface area contributed by atoms with Crippen LogP contribution in [0.3, 0.4) is 0 Å². The number of benzene rings is 3. The van der Waals surface area contributed by atoms with Gasteiger partial charge in [-0.2, -0.15) is 0 Å². The third-order valence-corrected chi connectivity index (χ3v) is 5.39. The topological polar surface area (TPSA) is 79.5 Å². The molecular formula is C28H29N3O3S. The van der Waals surface area contributed by atoms with Gasteiger partial charge in [-0.3, -0.25) is 14.9 Å². The largest absolute Gasteiger partial charge is 0.496 e. The molecule has 3 aromatic rings. The summed E-state index contributed by atoms with van der Waals surface area (Å²) < 4.78 is 5.27. The Hall–Kier alpha value is -3.97. The van der Waals surface area contributed by atoms with Crippen LogP contribution in [0.25, 0.3) is 6.08 Å². The van der Waals surface area contributed by atoms with Crippen molar-refractivity contribution in [3.63, 3.8) is 0 Å². The number of anilines is 2. The first kappa shape index (κ1) is 25.6. The molecule has 0 fully saturated rings. The van der Waals surface area contributed by atoms with Crippen LogP contribution in [0, 0.1) is 0 Å². The molecule has 0 radical (unpaired) electrons. The fourth-order valence-electron chi connectivity index (χ4n) is 3.29. The molecule has 3 rings (SSSR count). The Balaban J connectivity index is 1.57. The van der Waals surface area contributed by atoms with Crippen LogP contribution in [0.2, 0.25) is 0 Å². The average molecular weight is 488 g/mol. The van der Waals surface area contributed by atoms with Crippen molar-refractivity contribution in [2.45, 2.75) is 26.2 Å². The molecule has 0 aliphatic rings. The summed E-state index contributed by atoms with van der Waals surface area (Å²) in [5, 5.41) is 8.59. The predicted octanol–water partition coefficient (Wildman–Crippen LogP) is 5.77. The minimum Gasteiger partial charge on any atom is -0.496 e. The van der Waals surface area contributed by atoms with Crippen LogP contribution < -0.4 is 20.7 Å². The summed E-state index contributed by atoms with van der Waals surface area (Å²) in [6.45, 7) is 6.39. The third-order valence-electron chi connectivity index (χ3n) is 5.18. The van der Waals surface area contributed by atoms with E-state index in [1.54, 1.807) is 37.5 Å². The molecule has 0 saturated heterocycles. The van der Waals surface area contributed by atoms with Crippen molar-refractivity contribution in [3.8, 4) is 5.75 Å².